The van der Waals surface area contributed by atoms with Crippen LogP contribution >= 0.6 is 0 Å². The second-order valence-electron chi connectivity index (χ2n) is 5.53. The molecule has 0 saturated heterocycles. The molecule has 3 aromatic rings. The lowest BCUT2D eigenvalue weighted by Crippen LogP contribution is -2.22. The Balaban J connectivity index is 1.98. The van der Waals surface area contributed by atoms with Crippen LogP contribution in [-0.4, -0.2) is 11.8 Å². The van der Waals surface area contributed by atoms with Gasteiger partial charge in [-0.3, -0.25) is 9.59 Å². The molecule has 1 unspecified atom stereocenters. The zero-order valence-corrected chi connectivity index (χ0v) is 13.3. The van der Waals surface area contributed by atoms with Crippen LogP contribution in [0.3, 0.4) is 0 Å². The lowest BCUT2D eigenvalue weighted by molar-refractivity contribution is -0.117. The molecule has 0 aliphatic heterocycles. The Labute approximate surface area is 139 Å². The van der Waals surface area contributed by atoms with Crippen LogP contribution < -0.4 is 11.1 Å². The van der Waals surface area contributed by atoms with Gasteiger partial charge in [-0.25, -0.2) is 0 Å². The summed E-state index contributed by atoms with van der Waals surface area (Å²) in [4.78, 5) is 24.4. The van der Waals surface area contributed by atoms with Crippen molar-refractivity contribution in [1.82, 2.24) is 0 Å². The van der Waals surface area contributed by atoms with E-state index in [1.165, 1.54) is 0 Å². The van der Waals surface area contributed by atoms with Crippen LogP contribution in [0.25, 0.3) is 11.0 Å². The van der Waals surface area contributed by atoms with Crippen LogP contribution in [-0.2, 0) is 4.79 Å². The number of carbonyl (C=O) groups excluding carboxylic acids is 2. The second-order valence-corrected chi connectivity index (χ2v) is 5.53. The van der Waals surface area contributed by atoms with Crippen LogP contribution in [0.1, 0.15) is 35.4 Å². The summed E-state index contributed by atoms with van der Waals surface area (Å²) in [7, 11) is 0. The van der Waals surface area contributed by atoms with Gasteiger partial charge in [0.1, 0.15) is 11.3 Å². The van der Waals surface area contributed by atoms with Crippen LogP contribution in [0.15, 0.2) is 59.0 Å². The molecule has 1 atom stereocenters. The van der Waals surface area contributed by atoms with Crippen molar-refractivity contribution in [1.29, 1.82) is 0 Å². The first-order valence-electron chi connectivity index (χ1n) is 7.79. The second kappa shape index (κ2) is 6.58. The van der Waals surface area contributed by atoms with Gasteiger partial charge in [0.15, 0.2) is 0 Å². The number of nitrogens with two attached hydrogens (primary N) is 1. The first-order valence-corrected chi connectivity index (χ1v) is 7.79. The lowest BCUT2D eigenvalue weighted by atomic mass is 9.95. The van der Waals surface area contributed by atoms with E-state index >= 15 is 0 Å². The normalized spacial score (nSPS) is 12.0. The first kappa shape index (κ1) is 15.8. The van der Waals surface area contributed by atoms with Gasteiger partial charge in [-0.15, -0.1) is 0 Å². The van der Waals surface area contributed by atoms with Gasteiger partial charge in [0.05, 0.1) is 5.92 Å². The maximum Gasteiger partial charge on any atom is 0.286 e. The van der Waals surface area contributed by atoms with E-state index in [2.05, 4.69) is 5.32 Å². The number of benzene rings is 2. The van der Waals surface area contributed by atoms with E-state index in [4.69, 9.17) is 10.2 Å². The van der Waals surface area contributed by atoms with Crippen molar-refractivity contribution >= 4 is 28.5 Å². The van der Waals surface area contributed by atoms with Crippen LogP contribution in [0, 0.1) is 0 Å². The summed E-state index contributed by atoms with van der Waals surface area (Å²) in [5.41, 5.74) is 7.15. The summed E-state index contributed by atoms with van der Waals surface area (Å²) in [5, 5.41) is 3.49. The van der Waals surface area contributed by atoms with Crippen molar-refractivity contribution < 1.29 is 14.0 Å². The van der Waals surface area contributed by atoms with Crippen molar-refractivity contribution in [2.75, 3.05) is 5.32 Å². The fourth-order valence-electron chi connectivity index (χ4n) is 2.81. The van der Waals surface area contributed by atoms with Gasteiger partial charge in [0.2, 0.25) is 11.7 Å². The maximum absolute atomic E-state index is 12.8. The molecular formula is C19H18N2O3. The third kappa shape index (κ3) is 2.88. The van der Waals surface area contributed by atoms with E-state index < -0.39 is 5.91 Å². The molecule has 5 nitrogen and oxygen atoms in total. The van der Waals surface area contributed by atoms with Gasteiger partial charge in [-0.2, -0.15) is 0 Å². The Bertz CT molecular complexity index is 884. The van der Waals surface area contributed by atoms with Crippen molar-refractivity contribution in [3.05, 3.63) is 65.9 Å². The molecule has 0 fully saturated rings. The number of para-hydroxylation sites is 1. The number of furan rings is 1. The molecule has 0 aliphatic carbocycles. The summed E-state index contributed by atoms with van der Waals surface area (Å²) in [6, 6.07) is 16.6. The number of anilines is 1. The number of hydrogen-bond acceptors (Lipinski definition) is 3. The van der Waals surface area contributed by atoms with Gasteiger partial charge in [-0.1, -0.05) is 49.4 Å². The summed E-state index contributed by atoms with van der Waals surface area (Å²) in [6.07, 6.45) is 0.636. The molecule has 3 N–H and O–H groups in total. The summed E-state index contributed by atoms with van der Waals surface area (Å²) >= 11 is 0. The standard InChI is InChI=1S/C19H18N2O3/c1-2-13(12-8-4-3-5-9-12)19(23)21-16-14-10-6-7-11-15(14)24-17(16)18(20)22/h3-11,13H,2H2,1H3,(H2,20,22)(H,21,23). The van der Waals surface area contributed by atoms with Gasteiger partial charge < -0.3 is 15.5 Å². The predicted molar refractivity (Wildman–Crippen MR) is 92.8 cm³/mol. The minimum absolute atomic E-state index is 0.0348. The molecule has 0 aliphatic rings. The number of fused-ring (bicyclic) bond motifs is 1. The lowest BCUT2D eigenvalue weighted by Gasteiger charge is -2.15. The predicted octanol–water partition coefficient (Wildman–Crippen LogP) is 3.66. The van der Waals surface area contributed by atoms with E-state index in [1.54, 1.807) is 18.2 Å². The highest BCUT2D eigenvalue weighted by molar-refractivity contribution is 6.11. The molecule has 24 heavy (non-hydrogen) atoms. The molecule has 3 rings (SSSR count). The van der Waals surface area contributed by atoms with E-state index in [9.17, 15) is 9.59 Å². The number of primary amides is 1. The molecule has 0 saturated carbocycles. The third-order valence-corrected chi connectivity index (χ3v) is 3.99. The Morgan fingerprint density at radius 3 is 2.42 bits per heavy atom. The first-order chi connectivity index (χ1) is 11.6. The van der Waals surface area contributed by atoms with Crippen LogP contribution in [0.5, 0.6) is 0 Å². The fraction of sp³-hybridized carbons (Fsp3) is 0.158. The molecule has 1 aromatic heterocycles. The highest BCUT2D eigenvalue weighted by Crippen LogP contribution is 2.32. The molecule has 0 bridgehead atoms. The monoisotopic (exact) mass is 322 g/mol. The average Bonchev–Trinajstić information content (AvgIpc) is 2.95. The molecule has 1 heterocycles. The van der Waals surface area contributed by atoms with Gasteiger partial charge in [-0.05, 0) is 24.1 Å². The van der Waals surface area contributed by atoms with E-state index in [-0.39, 0.29) is 17.6 Å². The molecule has 122 valence electrons. The molecule has 2 aromatic carbocycles. The number of carbonyl (C=O) groups is 2. The van der Waals surface area contributed by atoms with Crippen molar-refractivity contribution in [2.45, 2.75) is 19.3 Å². The number of nitrogens with one attached hydrogen (secondary N) is 1. The third-order valence-electron chi connectivity index (χ3n) is 3.99. The van der Waals surface area contributed by atoms with Gasteiger partial charge >= 0.3 is 0 Å². The Morgan fingerprint density at radius 2 is 1.75 bits per heavy atom. The van der Waals surface area contributed by atoms with Gasteiger partial charge in [0, 0.05) is 5.39 Å². The van der Waals surface area contributed by atoms with Crippen molar-refractivity contribution in [3.63, 3.8) is 0 Å². The maximum atomic E-state index is 12.8. The minimum Gasteiger partial charge on any atom is -0.449 e. The highest BCUT2D eigenvalue weighted by atomic mass is 16.3. The largest absolute Gasteiger partial charge is 0.449 e. The number of rotatable bonds is 5. The Kier molecular flexibility index (Phi) is 4.33. The highest BCUT2D eigenvalue weighted by Gasteiger charge is 2.24. The summed E-state index contributed by atoms with van der Waals surface area (Å²) in [6.45, 7) is 1.94. The quantitative estimate of drug-likeness (QED) is 0.751. The van der Waals surface area contributed by atoms with Gasteiger partial charge in [0.25, 0.3) is 5.91 Å². The van der Waals surface area contributed by atoms with Crippen molar-refractivity contribution in [2.24, 2.45) is 5.73 Å². The van der Waals surface area contributed by atoms with E-state index in [0.29, 0.717) is 23.1 Å². The SMILES string of the molecule is CCC(C(=O)Nc1c(C(N)=O)oc2ccccc12)c1ccccc1. The fourth-order valence-corrected chi connectivity index (χ4v) is 2.81. The Morgan fingerprint density at radius 1 is 1.08 bits per heavy atom. The molecular weight excluding hydrogens is 304 g/mol. The average molecular weight is 322 g/mol. The topological polar surface area (TPSA) is 85.3 Å². The smallest absolute Gasteiger partial charge is 0.286 e. The molecule has 0 spiro atoms. The zero-order valence-electron chi connectivity index (χ0n) is 13.3. The minimum atomic E-state index is -0.714. The zero-order chi connectivity index (χ0) is 17.1. The number of amides is 2. The molecule has 0 radical (unpaired) electrons. The summed E-state index contributed by atoms with van der Waals surface area (Å²) in [5.74, 6) is -1.26. The van der Waals surface area contributed by atoms with E-state index in [1.807, 2.05) is 43.3 Å². The van der Waals surface area contributed by atoms with Crippen LogP contribution in [0.4, 0.5) is 5.69 Å². The molecule has 5 heteroatoms. The van der Waals surface area contributed by atoms with Crippen molar-refractivity contribution in [3.8, 4) is 0 Å². The summed E-state index contributed by atoms with van der Waals surface area (Å²) < 4.78 is 5.49. The van der Waals surface area contributed by atoms with Crippen LogP contribution in [0.2, 0.25) is 0 Å². The molecule has 2 amide bonds. The number of hydrogen-bond donors (Lipinski definition) is 2. The van der Waals surface area contributed by atoms with E-state index in [0.717, 1.165) is 5.56 Å². The Hall–Kier alpha value is -3.08.